The Morgan fingerprint density at radius 3 is 2.68 bits per heavy atom. The molecule has 8 nitrogen and oxygen atoms in total. The molecule has 2 aromatic heterocycles. The minimum atomic E-state index is -0.268. The predicted octanol–water partition coefficient (Wildman–Crippen LogP) is 6.00. The standard InChI is InChI=1S/C32H39FN6O2/c1-4-17-34-32-35-18-16-27(36-32)31-30(23-10-12-25(33)13-11-23)37-29-15-14-26(39(29)31)22-38(19-7-20-40-2)21-24-8-5-6-9-28(24)41-3/h5-6,8-13,16,18,26H,4,7,14-15,17,19-22H2,1-3H3,(H,34,35,36)/t26-/m0/s1. The molecule has 5 rings (SSSR count). The summed E-state index contributed by atoms with van der Waals surface area (Å²) in [6, 6.07) is 16.9. The molecule has 1 aliphatic heterocycles. The Hall–Kier alpha value is -3.82. The average Bonchev–Trinajstić information content (AvgIpc) is 3.57. The van der Waals surface area contributed by atoms with Crippen LogP contribution in [0.15, 0.2) is 60.8 Å². The molecule has 3 heterocycles. The number of hydrogen-bond donors (Lipinski definition) is 1. The van der Waals surface area contributed by atoms with Gasteiger partial charge in [0.2, 0.25) is 5.95 Å². The van der Waals surface area contributed by atoms with Crippen LogP contribution in [0.3, 0.4) is 0 Å². The zero-order chi connectivity index (χ0) is 28.6. The number of nitrogens with zero attached hydrogens (tertiary/aromatic N) is 5. The molecule has 1 N–H and O–H groups in total. The van der Waals surface area contributed by atoms with Crippen LogP contribution in [0.2, 0.25) is 0 Å². The lowest BCUT2D eigenvalue weighted by Crippen LogP contribution is -2.31. The summed E-state index contributed by atoms with van der Waals surface area (Å²) >= 11 is 0. The van der Waals surface area contributed by atoms with Gasteiger partial charge in [0.05, 0.1) is 24.2 Å². The first-order valence-electron chi connectivity index (χ1n) is 14.4. The average molecular weight is 559 g/mol. The number of fused-ring (bicyclic) bond motifs is 1. The summed E-state index contributed by atoms with van der Waals surface area (Å²) < 4.78 is 27.2. The number of anilines is 1. The SMILES string of the molecule is CCCNc1nccc(-c2c(-c3ccc(F)cc3)nc3n2[C@H](CN(CCCOC)Cc2ccccc2OC)CC3)n1. The van der Waals surface area contributed by atoms with Crippen molar-refractivity contribution in [1.29, 1.82) is 0 Å². The van der Waals surface area contributed by atoms with Crippen molar-refractivity contribution in [3.8, 4) is 28.4 Å². The third kappa shape index (κ3) is 6.74. The van der Waals surface area contributed by atoms with E-state index in [1.54, 1.807) is 32.5 Å². The molecule has 9 heteroatoms. The van der Waals surface area contributed by atoms with Gasteiger partial charge in [0.25, 0.3) is 0 Å². The topological polar surface area (TPSA) is 77.3 Å². The highest BCUT2D eigenvalue weighted by atomic mass is 19.1. The van der Waals surface area contributed by atoms with Gasteiger partial charge in [-0.1, -0.05) is 25.1 Å². The fourth-order valence-corrected chi connectivity index (χ4v) is 5.55. The third-order valence-corrected chi connectivity index (χ3v) is 7.48. The van der Waals surface area contributed by atoms with Gasteiger partial charge in [0.1, 0.15) is 17.4 Å². The fourth-order valence-electron chi connectivity index (χ4n) is 5.55. The van der Waals surface area contributed by atoms with Crippen molar-refractivity contribution in [3.05, 3.63) is 78.0 Å². The van der Waals surface area contributed by atoms with E-state index < -0.39 is 0 Å². The van der Waals surface area contributed by atoms with Gasteiger partial charge in [-0.05, 0) is 55.7 Å². The fraction of sp³-hybridized carbons (Fsp3) is 0.406. The molecule has 0 saturated carbocycles. The number of rotatable bonds is 14. The van der Waals surface area contributed by atoms with Crippen LogP contribution < -0.4 is 10.1 Å². The molecule has 1 aliphatic rings. The van der Waals surface area contributed by atoms with Crippen LogP contribution in [0.4, 0.5) is 10.3 Å². The first-order valence-corrected chi connectivity index (χ1v) is 14.4. The quantitative estimate of drug-likeness (QED) is 0.190. The molecule has 0 saturated heterocycles. The van der Waals surface area contributed by atoms with E-state index in [-0.39, 0.29) is 11.9 Å². The van der Waals surface area contributed by atoms with E-state index in [1.807, 2.05) is 18.2 Å². The second-order valence-electron chi connectivity index (χ2n) is 10.4. The van der Waals surface area contributed by atoms with Gasteiger partial charge in [-0.25, -0.2) is 19.3 Å². The second-order valence-corrected chi connectivity index (χ2v) is 10.4. The molecule has 0 amide bonds. The third-order valence-electron chi connectivity index (χ3n) is 7.48. The number of methoxy groups -OCH3 is 2. The van der Waals surface area contributed by atoms with Gasteiger partial charge in [-0.3, -0.25) is 4.90 Å². The van der Waals surface area contributed by atoms with Crippen molar-refractivity contribution < 1.29 is 13.9 Å². The predicted molar refractivity (Wildman–Crippen MR) is 160 cm³/mol. The summed E-state index contributed by atoms with van der Waals surface area (Å²) in [5.41, 5.74) is 4.60. The minimum absolute atomic E-state index is 0.195. The van der Waals surface area contributed by atoms with Crippen LogP contribution in [0.25, 0.3) is 22.6 Å². The molecule has 0 unspecified atom stereocenters. The molecule has 2 aromatic carbocycles. The molecular weight excluding hydrogens is 519 g/mol. The Balaban J connectivity index is 1.52. The van der Waals surface area contributed by atoms with Crippen LogP contribution in [0.5, 0.6) is 5.75 Å². The molecule has 0 bridgehead atoms. The van der Waals surface area contributed by atoms with Crippen molar-refractivity contribution in [2.45, 2.75) is 45.2 Å². The highest BCUT2D eigenvalue weighted by Gasteiger charge is 2.32. The van der Waals surface area contributed by atoms with Crippen molar-refractivity contribution in [1.82, 2.24) is 24.4 Å². The summed E-state index contributed by atoms with van der Waals surface area (Å²) in [5.74, 6) is 2.25. The molecule has 1 atom stereocenters. The number of para-hydroxylation sites is 1. The van der Waals surface area contributed by atoms with Crippen molar-refractivity contribution in [2.75, 3.05) is 45.8 Å². The molecule has 0 aliphatic carbocycles. The van der Waals surface area contributed by atoms with Gasteiger partial charge in [0.15, 0.2) is 0 Å². The Bertz CT molecular complexity index is 1420. The Morgan fingerprint density at radius 2 is 1.90 bits per heavy atom. The largest absolute Gasteiger partial charge is 0.496 e. The Labute approximate surface area is 241 Å². The Morgan fingerprint density at radius 1 is 1.07 bits per heavy atom. The van der Waals surface area contributed by atoms with Crippen LogP contribution in [-0.4, -0.2) is 64.9 Å². The van der Waals surface area contributed by atoms with E-state index >= 15 is 0 Å². The zero-order valence-corrected chi connectivity index (χ0v) is 24.1. The molecule has 216 valence electrons. The first kappa shape index (κ1) is 28.7. The monoisotopic (exact) mass is 558 g/mol. The van der Waals surface area contributed by atoms with Gasteiger partial charge >= 0.3 is 0 Å². The van der Waals surface area contributed by atoms with E-state index in [1.165, 1.54) is 12.1 Å². The lowest BCUT2D eigenvalue weighted by molar-refractivity contribution is 0.160. The maximum Gasteiger partial charge on any atom is 0.223 e. The maximum absolute atomic E-state index is 13.8. The molecular formula is C32H39FN6O2. The number of benzene rings is 2. The molecule has 41 heavy (non-hydrogen) atoms. The smallest absolute Gasteiger partial charge is 0.223 e. The molecule has 0 fully saturated rings. The van der Waals surface area contributed by atoms with Crippen LogP contribution in [0.1, 0.15) is 43.6 Å². The lowest BCUT2D eigenvalue weighted by Gasteiger charge is -2.28. The number of nitrogens with one attached hydrogen (secondary N) is 1. The zero-order valence-electron chi connectivity index (χ0n) is 24.1. The number of hydrogen-bond acceptors (Lipinski definition) is 7. The number of imidazole rings is 1. The van der Waals surface area contributed by atoms with Crippen molar-refractivity contribution in [3.63, 3.8) is 0 Å². The summed E-state index contributed by atoms with van der Waals surface area (Å²) in [6.07, 6.45) is 5.55. The molecule has 0 spiro atoms. The minimum Gasteiger partial charge on any atom is -0.496 e. The summed E-state index contributed by atoms with van der Waals surface area (Å²) in [7, 11) is 3.46. The summed E-state index contributed by atoms with van der Waals surface area (Å²) in [6.45, 7) is 6.12. The normalized spacial score (nSPS) is 14.4. The highest BCUT2D eigenvalue weighted by Crippen LogP contribution is 2.40. The number of aromatic nitrogens is 4. The summed E-state index contributed by atoms with van der Waals surface area (Å²) in [5, 5.41) is 3.31. The highest BCUT2D eigenvalue weighted by molar-refractivity contribution is 5.78. The second kappa shape index (κ2) is 13.7. The van der Waals surface area contributed by atoms with Crippen molar-refractivity contribution >= 4 is 5.95 Å². The van der Waals surface area contributed by atoms with Gasteiger partial charge in [-0.15, -0.1) is 0 Å². The lowest BCUT2D eigenvalue weighted by atomic mass is 10.1. The molecule has 0 radical (unpaired) electrons. The summed E-state index contributed by atoms with van der Waals surface area (Å²) in [4.78, 5) is 16.9. The van der Waals surface area contributed by atoms with E-state index in [0.717, 1.165) is 91.6 Å². The van der Waals surface area contributed by atoms with Gasteiger partial charge in [0, 0.05) is 69.7 Å². The van der Waals surface area contributed by atoms with Gasteiger partial charge in [-0.2, -0.15) is 0 Å². The van der Waals surface area contributed by atoms with Crippen LogP contribution in [-0.2, 0) is 17.7 Å². The van der Waals surface area contributed by atoms with E-state index in [9.17, 15) is 4.39 Å². The Kier molecular flexibility index (Phi) is 9.59. The number of ether oxygens (including phenoxy) is 2. The van der Waals surface area contributed by atoms with Crippen LogP contribution >= 0.6 is 0 Å². The van der Waals surface area contributed by atoms with E-state index in [0.29, 0.717) is 12.6 Å². The van der Waals surface area contributed by atoms with Gasteiger partial charge < -0.3 is 19.4 Å². The maximum atomic E-state index is 13.8. The number of halogens is 1. The molecule has 4 aromatic rings. The first-order chi connectivity index (χ1) is 20.1. The van der Waals surface area contributed by atoms with Crippen LogP contribution in [0, 0.1) is 5.82 Å². The van der Waals surface area contributed by atoms with E-state index in [4.69, 9.17) is 19.4 Å². The number of aryl methyl sites for hydroxylation is 1. The van der Waals surface area contributed by atoms with E-state index in [2.05, 4.69) is 38.8 Å². The van der Waals surface area contributed by atoms with Crippen molar-refractivity contribution in [2.24, 2.45) is 0 Å².